The first-order valence-electron chi connectivity index (χ1n) is 6.33. The van der Waals surface area contributed by atoms with E-state index in [-0.39, 0.29) is 29.6 Å². The molecule has 112 valence electrons. The smallest absolute Gasteiger partial charge is 0.126 e. The van der Waals surface area contributed by atoms with E-state index in [2.05, 4.69) is 0 Å². The molecular formula is C16H13Cl2F3. The number of benzene rings is 2. The van der Waals surface area contributed by atoms with Gasteiger partial charge in [-0.15, -0.1) is 23.2 Å². The van der Waals surface area contributed by atoms with Crippen LogP contribution in [0.1, 0.15) is 11.1 Å². The van der Waals surface area contributed by atoms with Crippen LogP contribution < -0.4 is 0 Å². The Morgan fingerprint density at radius 3 is 1.95 bits per heavy atom. The summed E-state index contributed by atoms with van der Waals surface area (Å²) < 4.78 is 40.2. The van der Waals surface area contributed by atoms with Gasteiger partial charge in [-0.2, -0.15) is 0 Å². The maximum atomic E-state index is 13.8. The van der Waals surface area contributed by atoms with Crippen molar-refractivity contribution in [2.24, 2.45) is 0 Å². The quantitative estimate of drug-likeness (QED) is 0.671. The fourth-order valence-electron chi connectivity index (χ4n) is 2.23. The Labute approximate surface area is 131 Å². The van der Waals surface area contributed by atoms with Crippen molar-refractivity contribution in [2.75, 3.05) is 11.8 Å². The third-order valence-corrected chi connectivity index (χ3v) is 4.53. The van der Waals surface area contributed by atoms with Crippen LogP contribution in [0.3, 0.4) is 0 Å². The van der Waals surface area contributed by atoms with Gasteiger partial charge in [-0.05, 0) is 47.9 Å². The van der Waals surface area contributed by atoms with E-state index in [9.17, 15) is 13.2 Å². The van der Waals surface area contributed by atoms with E-state index >= 15 is 0 Å². The first-order valence-corrected chi connectivity index (χ1v) is 7.39. The van der Waals surface area contributed by atoms with Gasteiger partial charge in [-0.25, -0.2) is 13.2 Å². The van der Waals surface area contributed by atoms with Crippen LogP contribution in [-0.2, 0) is 11.8 Å². The van der Waals surface area contributed by atoms with Gasteiger partial charge in [0.15, 0.2) is 0 Å². The molecular weight excluding hydrogens is 320 g/mol. The lowest BCUT2D eigenvalue weighted by Crippen LogP contribution is -2.33. The highest BCUT2D eigenvalue weighted by Crippen LogP contribution is 2.32. The summed E-state index contributed by atoms with van der Waals surface area (Å²) in [5.74, 6) is -1.20. The minimum Gasteiger partial charge on any atom is -0.207 e. The number of hydrogen-bond donors (Lipinski definition) is 0. The molecule has 0 heterocycles. The molecule has 0 aliphatic carbocycles. The van der Waals surface area contributed by atoms with Crippen LogP contribution in [0.4, 0.5) is 13.2 Å². The minimum absolute atomic E-state index is 0.109. The molecule has 0 radical (unpaired) electrons. The summed E-state index contributed by atoms with van der Waals surface area (Å²) in [5, 5.41) is 0. The molecule has 2 rings (SSSR count). The minimum atomic E-state index is -0.786. The molecule has 5 heteroatoms. The lowest BCUT2D eigenvalue weighted by atomic mass is 9.78. The van der Waals surface area contributed by atoms with Gasteiger partial charge < -0.3 is 0 Å². The molecule has 2 aromatic carbocycles. The predicted octanol–water partition coefficient (Wildman–Crippen LogP) is 5.06. The molecule has 21 heavy (non-hydrogen) atoms. The average Bonchev–Trinajstić information content (AvgIpc) is 2.49. The van der Waals surface area contributed by atoms with Gasteiger partial charge in [0.25, 0.3) is 0 Å². The Morgan fingerprint density at radius 2 is 1.38 bits per heavy atom. The molecule has 0 unspecified atom stereocenters. The zero-order valence-corrected chi connectivity index (χ0v) is 12.6. The van der Waals surface area contributed by atoms with Crippen molar-refractivity contribution >= 4 is 23.2 Å². The van der Waals surface area contributed by atoms with E-state index in [1.807, 2.05) is 0 Å². The SMILES string of the molecule is Fc1ccc(C(CCl)(CCl)Cc2cc(F)ccc2F)cc1. The third kappa shape index (κ3) is 3.53. The molecule has 0 aliphatic heterocycles. The molecule has 0 N–H and O–H groups in total. The molecule has 2 aromatic rings. The van der Waals surface area contributed by atoms with E-state index < -0.39 is 17.0 Å². The fraction of sp³-hybridized carbons (Fsp3) is 0.250. The number of rotatable bonds is 5. The second kappa shape index (κ2) is 6.71. The van der Waals surface area contributed by atoms with Crippen LogP contribution in [0.15, 0.2) is 42.5 Å². The third-order valence-electron chi connectivity index (χ3n) is 3.50. The Hall–Kier alpha value is -1.19. The van der Waals surface area contributed by atoms with Crippen LogP contribution in [0, 0.1) is 17.5 Å². The summed E-state index contributed by atoms with van der Waals surface area (Å²) >= 11 is 12.1. The Balaban J connectivity index is 2.42. The first kappa shape index (κ1) is 16.2. The van der Waals surface area contributed by atoms with E-state index in [4.69, 9.17) is 23.2 Å². The molecule has 0 saturated heterocycles. The van der Waals surface area contributed by atoms with Crippen molar-refractivity contribution in [3.05, 3.63) is 71.0 Å². The molecule has 0 nitrogen and oxygen atoms in total. The van der Waals surface area contributed by atoms with Gasteiger partial charge in [-0.1, -0.05) is 12.1 Å². The van der Waals surface area contributed by atoms with Gasteiger partial charge in [0.05, 0.1) is 0 Å². The van der Waals surface area contributed by atoms with Crippen LogP contribution in [-0.4, -0.2) is 11.8 Å². The van der Waals surface area contributed by atoms with E-state index in [0.717, 1.165) is 18.2 Å². The fourth-order valence-corrected chi connectivity index (χ4v) is 3.02. The standard InChI is InChI=1S/C16H13Cl2F3/c17-9-16(10-18,12-1-3-13(19)4-2-12)8-11-7-14(20)5-6-15(11)21/h1-7H,8-10H2. The average molecular weight is 333 g/mol. The molecule has 0 bridgehead atoms. The number of hydrogen-bond acceptors (Lipinski definition) is 0. The first-order chi connectivity index (χ1) is 10.0. The molecule has 0 spiro atoms. The van der Waals surface area contributed by atoms with Crippen molar-refractivity contribution in [3.63, 3.8) is 0 Å². The van der Waals surface area contributed by atoms with Crippen molar-refractivity contribution < 1.29 is 13.2 Å². The highest BCUT2D eigenvalue weighted by atomic mass is 35.5. The number of alkyl halides is 2. The second-order valence-corrected chi connectivity index (χ2v) is 5.50. The van der Waals surface area contributed by atoms with Gasteiger partial charge in [-0.3, -0.25) is 0 Å². The Kier molecular flexibility index (Phi) is 5.17. The largest absolute Gasteiger partial charge is 0.207 e. The molecule has 0 fully saturated rings. The Bertz CT molecular complexity index is 607. The summed E-state index contributed by atoms with van der Waals surface area (Å²) in [4.78, 5) is 0. The number of halogens is 5. The molecule has 0 aromatic heterocycles. The van der Waals surface area contributed by atoms with Gasteiger partial charge in [0, 0.05) is 17.2 Å². The zero-order valence-electron chi connectivity index (χ0n) is 11.1. The van der Waals surface area contributed by atoms with E-state index in [1.165, 1.54) is 12.1 Å². The summed E-state index contributed by atoms with van der Waals surface area (Å²) in [5.41, 5.74) is 0.101. The van der Waals surface area contributed by atoms with Crippen molar-refractivity contribution in [3.8, 4) is 0 Å². The summed E-state index contributed by atoms with van der Waals surface area (Å²) in [6, 6.07) is 8.99. The lowest BCUT2D eigenvalue weighted by Gasteiger charge is -2.30. The normalized spacial score (nSPS) is 11.7. The van der Waals surface area contributed by atoms with Crippen LogP contribution in [0.2, 0.25) is 0 Å². The van der Waals surface area contributed by atoms with E-state index in [0.29, 0.717) is 5.56 Å². The molecule has 0 atom stereocenters. The van der Waals surface area contributed by atoms with Crippen molar-refractivity contribution in [1.82, 2.24) is 0 Å². The van der Waals surface area contributed by atoms with Crippen LogP contribution >= 0.6 is 23.2 Å². The Morgan fingerprint density at radius 1 is 0.810 bits per heavy atom. The predicted molar refractivity (Wildman–Crippen MR) is 79.6 cm³/mol. The highest BCUT2D eigenvalue weighted by molar-refractivity contribution is 6.22. The van der Waals surface area contributed by atoms with Gasteiger partial charge in [0.2, 0.25) is 0 Å². The van der Waals surface area contributed by atoms with Crippen LogP contribution in [0.25, 0.3) is 0 Å². The summed E-state index contributed by atoms with van der Waals surface area (Å²) in [6.07, 6.45) is 0.134. The summed E-state index contributed by atoms with van der Waals surface area (Å²) in [7, 11) is 0. The molecule has 0 amide bonds. The maximum Gasteiger partial charge on any atom is 0.126 e. The van der Waals surface area contributed by atoms with Gasteiger partial charge in [0.1, 0.15) is 17.5 Å². The maximum absolute atomic E-state index is 13.8. The van der Waals surface area contributed by atoms with E-state index in [1.54, 1.807) is 12.1 Å². The topological polar surface area (TPSA) is 0 Å². The van der Waals surface area contributed by atoms with Crippen LogP contribution in [0.5, 0.6) is 0 Å². The zero-order chi connectivity index (χ0) is 15.5. The highest BCUT2D eigenvalue weighted by Gasteiger charge is 2.32. The monoisotopic (exact) mass is 332 g/mol. The van der Waals surface area contributed by atoms with Crippen molar-refractivity contribution in [2.45, 2.75) is 11.8 Å². The lowest BCUT2D eigenvalue weighted by molar-refractivity contribution is 0.505. The van der Waals surface area contributed by atoms with Gasteiger partial charge >= 0.3 is 0 Å². The molecule has 0 saturated carbocycles. The second-order valence-electron chi connectivity index (χ2n) is 4.97. The molecule has 0 aliphatic rings. The summed E-state index contributed by atoms with van der Waals surface area (Å²) in [6.45, 7) is 0. The van der Waals surface area contributed by atoms with Crippen molar-refractivity contribution in [1.29, 1.82) is 0 Å².